The highest BCUT2D eigenvalue weighted by Crippen LogP contribution is 2.06. The number of aromatic nitrogens is 2. The number of ether oxygens (including phenoxy) is 2. The van der Waals surface area contributed by atoms with E-state index in [9.17, 15) is 0 Å². The average Bonchev–Trinajstić information content (AvgIpc) is 2.73. The van der Waals surface area contributed by atoms with Gasteiger partial charge in [-0.2, -0.15) is 5.10 Å². The first-order valence-electron chi connectivity index (χ1n) is 5.49. The molecule has 5 heteroatoms. The van der Waals surface area contributed by atoms with Crippen LogP contribution in [0.25, 0.3) is 0 Å². The van der Waals surface area contributed by atoms with Crippen molar-refractivity contribution in [1.29, 1.82) is 0 Å². The molecule has 92 valence electrons. The Balaban J connectivity index is 2.33. The number of nitrogens with one attached hydrogen (secondary N) is 1. The molecule has 1 rings (SSSR count). The number of rotatable bonds is 8. The van der Waals surface area contributed by atoms with E-state index in [1.165, 1.54) is 5.56 Å². The van der Waals surface area contributed by atoms with Gasteiger partial charge in [0.2, 0.25) is 0 Å². The van der Waals surface area contributed by atoms with Crippen molar-refractivity contribution in [2.75, 3.05) is 34.0 Å². The first-order chi connectivity index (χ1) is 7.77. The van der Waals surface area contributed by atoms with Crippen LogP contribution in [0.1, 0.15) is 18.5 Å². The molecule has 0 aliphatic carbocycles. The monoisotopic (exact) mass is 227 g/mol. The zero-order valence-corrected chi connectivity index (χ0v) is 10.3. The van der Waals surface area contributed by atoms with E-state index in [4.69, 9.17) is 9.47 Å². The van der Waals surface area contributed by atoms with E-state index < -0.39 is 0 Å². The molecule has 0 aromatic carbocycles. The molecule has 1 N–H and O–H groups in total. The van der Waals surface area contributed by atoms with Gasteiger partial charge in [-0.1, -0.05) is 0 Å². The van der Waals surface area contributed by atoms with Gasteiger partial charge in [0, 0.05) is 39.1 Å². The summed E-state index contributed by atoms with van der Waals surface area (Å²) < 4.78 is 12.0. The summed E-state index contributed by atoms with van der Waals surface area (Å²) in [5.74, 6) is 0. The molecule has 0 saturated heterocycles. The van der Waals surface area contributed by atoms with Gasteiger partial charge < -0.3 is 14.8 Å². The highest BCUT2D eigenvalue weighted by Gasteiger charge is 2.05. The lowest BCUT2D eigenvalue weighted by Crippen LogP contribution is -2.18. The minimum absolute atomic E-state index is 0.276. The molecular weight excluding hydrogens is 206 g/mol. The molecule has 1 aromatic heterocycles. The zero-order chi connectivity index (χ0) is 11.8. The van der Waals surface area contributed by atoms with Crippen LogP contribution in [-0.4, -0.2) is 43.8 Å². The molecule has 0 aliphatic heterocycles. The normalized spacial score (nSPS) is 12.9. The van der Waals surface area contributed by atoms with Crippen molar-refractivity contribution in [2.24, 2.45) is 0 Å². The van der Waals surface area contributed by atoms with E-state index in [1.807, 2.05) is 17.1 Å². The summed E-state index contributed by atoms with van der Waals surface area (Å²) in [5.41, 5.74) is 1.18. The Morgan fingerprint density at radius 3 is 2.94 bits per heavy atom. The topological polar surface area (TPSA) is 48.3 Å². The maximum atomic E-state index is 5.09. The van der Waals surface area contributed by atoms with Crippen LogP contribution in [0.3, 0.4) is 0 Å². The van der Waals surface area contributed by atoms with Crippen molar-refractivity contribution in [3.63, 3.8) is 0 Å². The number of nitrogens with zero attached hydrogens (tertiary/aromatic N) is 2. The fourth-order valence-electron chi connectivity index (χ4n) is 1.43. The molecule has 0 amide bonds. The molecule has 16 heavy (non-hydrogen) atoms. The predicted octanol–water partition coefficient (Wildman–Crippen LogP) is 0.826. The fraction of sp³-hybridized carbons (Fsp3) is 0.727. The summed E-state index contributed by atoms with van der Waals surface area (Å²) in [6, 6.07) is 0.276. The third kappa shape index (κ3) is 4.30. The molecule has 1 aromatic rings. The van der Waals surface area contributed by atoms with Gasteiger partial charge in [-0.15, -0.1) is 0 Å². The van der Waals surface area contributed by atoms with E-state index in [2.05, 4.69) is 17.3 Å². The smallest absolute Gasteiger partial charge is 0.0724 e. The zero-order valence-electron chi connectivity index (χ0n) is 10.3. The highest BCUT2D eigenvalue weighted by atomic mass is 16.5. The molecule has 1 atom stereocenters. The Labute approximate surface area is 96.7 Å². The summed E-state index contributed by atoms with van der Waals surface area (Å²) in [5, 5.41) is 7.58. The van der Waals surface area contributed by atoms with Crippen LogP contribution in [0.4, 0.5) is 0 Å². The van der Waals surface area contributed by atoms with Crippen LogP contribution in [-0.2, 0) is 16.0 Å². The molecular formula is C11H21N3O2. The quantitative estimate of drug-likeness (QED) is 0.668. The fourth-order valence-corrected chi connectivity index (χ4v) is 1.43. The lowest BCUT2D eigenvalue weighted by Gasteiger charge is -2.09. The van der Waals surface area contributed by atoms with Crippen LogP contribution in [0, 0.1) is 0 Å². The number of hydrogen-bond donors (Lipinski definition) is 1. The van der Waals surface area contributed by atoms with Crippen molar-refractivity contribution >= 4 is 0 Å². The third-order valence-electron chi connectivity index (χ3n) is 2.33. The maximum Gasteiger partial charge on any atom is 0.0724 e. The summed E-state index contributed by atoms with van der Waals surface area (Å²) >= 11 is 0. The van der Waals surface area contributed by atoms with Crippen molar-refractivity contribution in [2.45, 2.75) is 19.5 Å². The lowest BCUT2D eigenvalue weighted by molar-refractivity contribution is 0.157. The standard InChI is InChI=1S/C11H21N3O2/c1-10(9-16-3)14-8-11(7-13-14)6-12-4-5-15-2/h7-8,10,12H,4-6,9H2,1-3H3. The van der Waals surface area contributed by atoms with Crippen LogP contribution in [0.5, 0.6) is 0 Å². The van der Waals surface area contributed by atoms with Crippen LogP contribution < -0.4 is 5.32 Å². The minimum Gasteiger partial charge on any atom is -0.383 e. The summed E-state index contributed by atoms with van der Waals surface area (Å²) in [4.78, 5) is 0. The van der Waals surface area contributed by atoms with Gasteiger partial charge in [-0.25, -0.2) is 0 Å². The molecule has 0 fully saturated rings. The van der Waals surface area contributed by atoms with Crippen molar-refractivity contribution in [1.82, 2.24) is 15.1 Å². The van der Waals surface area contributed by atoms with E-state index in [-0.39, 0.29) is 6.04 Å². The minimum atomic E-state index is 0.276. The highest BCUT2D eigenvalue weighted by molar-refractivity contribution is 5.03. The molecule has 0 spiro atoms. The van der Waals surface area contributed by atoms with Crippen molar-refractivity contribution in [3.8, 4) is 0 Å². The second kappa shape index (κ2) is 7.38. The second-order valence-corrected chi connectivity index (χ2v) is 3.80. The first-order valence-corrected chi connectivity index (χ1v) is 5.49. The first kappa shape index (κ1) is 13.2. The van der Waals surface area contributed by atoms with Gasteiger partial charge in [0.05, 0.1) is 25.5 Å². The van der Waals surface area contributed by atoms with Gasteiger partial charge in [0.25, 0.3) is 0 Å². The van der Waals surface area contributed by atoms with Gasteiger partial charge in [0.15, 0.2) is 0 Å². The number of methoxy groups -OCH3 is 2. The Hall–Kier alpha value is -0.910. The Bertz CT molecular complexity index is 289. The van der Waals surface area contributed by atoms with Gasteiger partial charge in [-0.05, 0) is 6.92 Å². The van der Waals surface area contributed by atoms with Crippen LogP contribution in [0.15, 0.2) is 12.4 Å². The van der Waals surface area contributed by atoms with E-state index in [0.717, 1.165) is 19.7 Å². The van der Waals surface area contributed by atoms with Crippen molar-refractivity contribution < 1.29 is 9.47 Å². The van der Waals surface area contributed by atoms with E-state index in [0.29, 0.717) is 6.61 Å². The predicted molar refractivity (Wildman–Crippen MR) is 62.4 cm³/mol. The van der Waals surface area contributed by atoms with Crippen LogP contribution in [0.2, 0.25) is 0 Å². The van der Waals surface area contributed by atoms with E-state index in [1.54, 1.807) is 14.2 Å². The third-order valence-corrected chi connectivity index (χ3v) is 2.33. The molecule has 5 nitrogen and oxygen atoms in total. The second-order valence-electron chi connectivity index (χ2n) is 3.80. The average molecular weight is 227 g/mol. The number of hydrogen-bond acceptors (Lipinski definition) is 4. The van der Waals surface area contributed by atoms with E-state index >= 15 is 0 Å². The van der Waals surface area contributed by atoms with Gasteiger partial charge >= 0.3 is 0 Å². The summed E-state index contributed by atoms with van der Waals surface area (Å²) in [7, 11) is 3.40. The van der Waals surface area contributed by atoms with Gasteiger partial charge in [-0.3, -0.25) is 4.68 Å². The molecule has 1 heterocycles. The lowest BCUT2D eigenvalue weighted by atomic mass is 10.3. The summed E-state index contributed by atoms with van der Waals surface area (Å²) in [6.07, 6.45) is 3.93. The molecule has 0 aliphatic rings. The summed E-state index contributed by atoms with van der Waals surface area (Å²) in [6.45, 7) is 5.17. The Morgan fingerprint density at radius 1 is 1.44 bits per heavy atom. The largest absolute Gasteiger partial charge is 0.383 e. The molecule has 1 unspecified atom stereocenters. The molecule has 0 saturated carbocycles. The van der Waals surface area contributed by atoms with Gasteiger partial charge in [0.1, 0.15) is 0 Å². The SMILES string of the molecule is COCCNCc1cnn(C(C)COC)c1. The van der Waals surface area contributed by atoms with Crippen LogP contribution >= 0.6 is 0 Å². The Morgan fingerprint density at radius 2 is 2.25 bits per heavy atom. The molecule has 0 radical (unpaired) electrons. The van der Waals surface area contributed by atoms with Crippen molar-refractivity contribution in [3.05, 3.63) is 18.0 Å². The molecule has 0 bridgehead atoms. The maximum absolute atomic E-state index is 5.09. The Kier molecular flexibility index (Phi) is 6.07.